The number of carbonyl (C=O) groups excluding carboxylic acids is 1. The van der Waals surface area contributed by atoms with Gasteiger partial charge in [0, 0.05) is 25.6 Å². The summed E-state index contributed by atoms with van der Waals surface area (Å²) in [6.07, 6.45) is 4.58. The lowest BCUT2D eigenvalue weighted by atomic mass is 10.4. The summed E-state index contributed by atoms with van der Waals surface area (Å²) in [5, 5.41) is 6.56. The third-order valence-electron chi connectivity index (χ3n) is 2.18. The van der Waals surface area contributed by atoms with Crippen LogP contribution < -0.4 is 11.1 Å². The van der Waals surface area contributed by atoms with Crippen LogP contribution >= 0.6 is 12.2 Å². The zero-order chi connectivity index (χ0) is 13.1. The van der Waals surface area contributed by atoms with Gasteiger partial charge in [-0.2, -0.15) is 5.10 Å². The van der Waals surface area contributed by atoms with Gasteiger partial charge in [0.2, 0.25) is 0 Å². The first-order valence-corrected chi connectivity index (χ1v) is 5.43. The van der Waals surface area contributed by atoms with Gasteiger partial charge in [-0.3, -0.25) is 4.79 Å². The van der Waals surface area contributed by atoms with E-state index in [0.717, 1.165) is 0 Å². The van der Waals surface area contributed by atoms with Crippen LogP contribution in [0, 0.1) is 0 Å². The van der Waals surface area contributed by atoms with E-state index in [4.69, 9.17) is 18.0 Å². The summed E-state index contributed by atoms with van der Waals surface area (Å²) >= 11 is 4.89. The summed E-state index contributed by atoms with van der Waals surface area (Å²) in [6.45, 7) is 0. The lowest BCUT2D eigenvalue weighted by Gasteiger charge is -2.04. The molecule has 0 saturated heterocycles. The highest BCUT2D eigenvalue weighted by molar-refractivity contribution is 7.80. The fourth-order valence-electron chi connectivity index (χ4n) is 1.36. The van der Waals surface area contributed by atoms with Crippen LogP contribution in [0.5, 0.6) is 0 Å². The van der Waals surface area contributed by atoms with E-state index in [1.54, 1.807) is 12.3 Å². The fraction of sp³-hybridized carbons (Fsp3) is 0.100. The van der Waals surface area contributed by atoms with E-state index in [9.17, 15) is 4.79 Å². The molecule has 0 saturated carbocycles. The number of rotatable bonds is 3. The topological polar surface area (TPSA) is 98.7 Å². The van der Waals surface area contributed by atoms with Crippen molar-refractivity contribution in [2.24, 2.45) is 5.73 Å². The van der Waals surface area contributed by atoms with E-state index in [0.29, 0.717) is 11.5 Å². The van der Waals surface area contributed by atoms with Crippen LogP contribution in [-0.2, 0) is 0 Å². The van der Waals surface area contributed by atoms with Gasteiger partial charge < -0.3 is 11.1 Å². The monoisotopic (exact) mass is 262 g/mol. The Morgan fingerprint density at radius 2 is 2.17 bits per heavy atom. The summed E-state index contributed by atoms with van der Waals surface area (Å²) in [4.78, 5) is 19.7. The quantitative estimate of drug-likeness (QED) is 0.734. The van der Waals surface area contributed by atoms with Crippen LogP contribution in [0.1, 0.15) is 16.2 Å². The number of aromatic nitrogens is 4. The number of amides is 1. The van der Waals surface area contributed by atoms with Gasteiger partial charge in [0.1, 0.15) is 10.7 Å². The average Bonchev–Trinajstić information content (AvgIpc) is 2.87. The number of carbonyl (C=O) groups is 1. The van der Waals surface area contributed by atoms with Crippen LogP contribution in [0.25, 0.3) is 5.82 Å². The average molecular weight is 262 g/mol. The molecule has 0 aromatic carbocycles. The SMILES string of the molecule is CNC(=O)c1ccn(-c2nccnc2C(N)=S)n1. The van der Waals surface area contributed by atoms with Crippen molar-refractivity contribution in [3.05, 3.63) is 36.0 Å². The zero-order valence-electron chi connectivity index (χ0n) is 9.49. The van der Waals surface area contributed by atoms with Gasteiger partial charge in [-0.15, -0.1) is 0 Å². The van der Waals surface area contributed by atoms with Crippen molar-refractivity contribution in [3.8, 4) is 5.82 Å². The fourth-order valence-corrected chi connectivity index (χ4v) is 1.51. The van der Waals surface area contributed by atoms with Crippen LogP contribution in [0.4, 0.5) is 0 Å². The summed E-state index contributed by atoms with van der Waals surface area (Å²) in [5.74, 6) is 0.106. The number of hydrogen-bond acceptors (Lipinski definition) is 5. The molecular formula is C10H10N6OS. The van der Waals surface area contributed by atoms with E-state index < -0.39 is 0 Å². The van der Waals surface area contributed by atoms with E-state index in [1.165, 1.54) is 24.1 Å². The Morgan fingerprint density at radius 3 is 2.83 bits per heavy atom. The number of thiocarbonyl (C=S) groups is 1. The highest BCUT2D eigenvalue weighted by Gasteiger charge is 2.13. The Labute approximate surface area is 108 Å². The highest BCUT2D eigenvalue weighted by atomic mass is 32.1. The Hall–Kier alpha value is -2.35. The van der Waals surface area contributed by atoms with Gasteiger partial charge in [-0.25, -0.2) is 14.6 Å². The zero-order valence-corrected chi connectivity index (χ0v) is 10.3. The Kier molecular flexibility index (Phi) is 3.28. The lowest BCUT2D eigenvalue weighted by Crippen LogP contribution is -2.20. The maximum absolute atomic E-state index is 11.4. The van der Waals surface area contributed by atoms with E-state index in [2.05, 4.69) is 20.4 Å². The van der Waals surface area contributed by atoms with Crippen molar-refractivity contribution in [2.75, 3.05) is 7.05 Å². The predicted molar refractivity (Wildman–Crippen MR) is 68.4 cm³/mol. The standard InChI is InChI=1S/C10H10N6OS/c1-12-10(17)6-2-5-16(15-6)9-7(8(11)18)13-3-4-14-9/h2-5H,1H3,(H2,11,18)(H,12,17). The maximum atomic E-state index is 11.4. The smallest absolute Gasteiger partial charge is 0.271 e. The van der Waals surface area contributed by atoms with Gasteiger partial charge in [0.25, 0.3) is 5.91 Å². The van der Waals surface area contributed by atoms with E-state index >= 15 is 0 Å². The highest BCUT2D eigenvalue weighted by Crippen LogP contribution is 2.08. The summed E-state index contributed by atoms with van der Waals surface area (Å²) < 4.78 is 1.41. The van der Waals surface area contributed by atoms with Crippen molar-refractivity contribution >= 4 is 23.1 Å². The molecule has 7 nitrogen and oxygen atoms in total. The molecule has 2 heterocycles. The number of nitrogens with one attached hydrogen (secondary N) is 1. The van der Waals surface area contributed by atoms with Crippen molar-refractivity contribution in [2.45, 2.75) is 0 Å². The first-order chi connectivity index (χ1) is 8.63. The van der Waals surface area contributed by atoms with Crippen molar-refractivity contribution in [3.63, 3.8) is 0 Å². The molecule has 0 atom stereocenters. The Bertz CT molecular complexity index is 608. The lowest BCUT2D eigenvalue weighted by molar-refractivity contribution is 0.0957. The molecule has 0 bridgehead atoms. The molecule has 2 aromatic rings. The second-order valence-electron chi connectivity index (χ2n) is 3.32. The first kappa shape index (κ1) is 12.1. The maximum Gasteiger partial charge on any atom is 0.271 e. The normalized spacial score (nSPS) is 10.1. The minimum absolute atomic E-state index is 0.120. The molecule has 2 aromatic heterocycles. The number of hydrogen-bond donors (Lipinski definition) is 2. The molecule has 1 amide bonds. The van der Waals surface area contributed by atoms with Crippen LogP contribution in [0.3, 0.4) is 0 Å². The Morgan fingerprint density at radius 1 is 1.44 bits per heavy atom. The molecule has 0 fully saturated rings. The van der Waals surface area contributed by atoms with Crippen LogP contribution in [0.15, 0.2) is 24.7 Å². The molecule has 0 spiro atoms. The molecule has 0 aliphatic rings. The molecule has 92 valence electrons. The van der Waals surface area contributed by atoms with Gasteiger partial charge in [0.05, 0.1) is 0 Å². The van der Waals surface area contributed by atoms with Gasteiger partial charge in [0.15, 0.2) is 11.5 Å². The largest absolute Gasteiger partial charge is 0.388 e. The molecule has 0 unspecified atom stereocenters. The minimum Gasteiger partial charge on any atom is -0.388 e. The van der Waals surface area contributed by atoms with Gasteiger partial charge >= 0.3 is 0 Å². The van der Waals surface area contributed by atoms with Crippen LogP contribution in [0.2, 0.25) is 0 Å². The summed E-state index contributed by atoms with van der Waals surface area (Å²) in [7, 11) is 1.53. The van der Waals surface area contributed by atoms with Gasteiger partial charge in [-0.05, 0) is 6.07 Å². The molecule has 18 heavy (non-hydrogen) atoms. The van der Waals surface area contributed by atoms with Gasteiger partial charge in [-0.1, -0.05) is 12.2 Å². The third kappa shape index (κ3) is 2.18. The summed E-state index contributed by atoms with van der Waals surface area (Å²) in [6, 6.07) is 1.57. The third-order valence-corrected chi connectivity index (χ3v) is 2.37. The second-order valence-corrected chi connectivity index (χ2v) is 3.76. The molecule has 0 radical (unpaired) electrons. The minimum atomic E-state index is -0.283. The number of nitrogens with two attached hydrogens (primary N) is 1. The molecule has 2 rings (SSSR count). The summed E-state index contributed by atoms with van der Waals surface area (Å²) in [5.41, 5.74) is 6.19. The molecule has 0 aliphatic carbocycles. The number of nitrogens with zero attached hydrogens (tertiary/aromatic N) is 4. The molecular weight excluding hydrogens is 252 g/mol. The molecule has 3 N–H and O–H groups in total. The van der Waals surface area contributed by atoms with Crippen molar-refractivity contribution in [1.29, 1.82) is 0 Å². The molecule has 0 aliphatic heterocycles. The van der Waals surface area contributed by atoms with Crippen molar-refractivity contribution in [1.82, 2.24) is 25.1 Å². The van der Waals surface area contributed by atoms with Crippen molar-refractivity contribution < 1.29 is 4.79 Å². The second kappa shape index (κ2) is 4.88. The Balaban J connectivity index is 2.46. The van der Waals surface area contributed by atoms with E-state index in [-0.39, 0.29) is 16.6 Å². The predicted octanol–water partition coefficient (Wildman–Crippen LogP) is -0.344. The molecule has 8 heteroatoms. The first-order valence-electron chi connectivity index (χ1n) is 5.02. The van der Waals surface area contributed by atoms with Crippen LogP contribution in [-0.4, -0.2) is 37.7 Å². The van der Waals surface area contributed by atoms with E-state index in [1.807, 2.05) is 0 Å².